The molecule has 1 fully saturated rings. The monoisotopic (exact) mass is 326 g/mol. The number of ether oxygens (including phenoxy) is 1. The summed E-state index contributed by atoms with van der Waals surface area (Å²) < 4.78 is 7.71. The lowest BCUT2D eigenvalue weighted by atomic mass is 9.92. The number of nitrogens with zero attached hydrogens (tertiary/aromatic N) is 3. The Morgan fingerprint density at radius 3 is 3.04 bits per heavy atom. The van der Waals surface area contributed by atoms with E-state index in [-0.39, 0.29) is 11.9 Å². The summed E-state index contributed by atoms with van der Waals surface area (Å²) in [4.78, 5) is 30.5. The largest absolute Gasteiger partial charge is 0.483 e. The van der Waals surface area contributed by atoms with Gasteiger partial charge in [0.1, 0.15) is 17.7 Å². The lowest BCUT2D eigenvalue weighted by Crippen LogP contribution is -2.58. The molecule has 1 spiro atoms. The molecular weight excluding hydrogens is 308 g/mol. The normalized spacial score (nSPS) is 23.2. The number of hydrogen-bond donors (Lipinski definition) is 1. The summed E-state index contributed by atoms with van der Waals surface area (Å²) in [5.74, 6) is 0.435. The van der Waals surface area contributed by atoms with Gasteiger partial charge in [-0.15, -0.1) is 0 Å². The molecule has 7 heteroatoms. The Morgan fingerprint density at radius 1 is 1.33 bits per heavy atom. The Kier molecular flexibility index (Phi) is 3.48. The van der Waals surface area contributed by atoms with Gasteiger partial charge in [0, 0.05) is 18.9 Å². The molecule has 0 aliphatic carbocycles. The summed E-state index contributed by atoms with van der Waals surface area (Å²) in [7, 11) is 0. The molecule has 0 radical (unpaired) electrons. The Hall–Kier alpha value is -2.83. The van der Waals surface area contributed by atoms with Crippen molar-refractivity contribution in [1.29, 1.82) is 0 Å². The van der Waals surface area contributed by atoms with E-state index < -0.39 is 5.60 Å². The number of imidazole rings is 1. The number of carbonyl (C=O) groups excluding carboxylic acids is 2. The molecule has 124 valence electrons. The van der Waals surface area contributed by atoms with Crippen LogP contribution >= 0.6 is 0 Å². The molecule has 4 rings (SSSR count). The van der Waals surface area contributed by atoms with Gasteiger partial charge in [0.15, 0.2) is 0 Å². The summed E-state index contributed by atoms with van der Waals surface area (Å²) in [5.41, 5.74) is -0.0658. The number of hydrogen-bond acceptors (Lipinski definition) is 4. The number of amides is 2. The van der Waals surface area contributed by atoms with Crippen molar-refractivity contribution in [1.82, 2.24) is 19.8 Å². The maximum Gasteiger partial charge on any atom is 0.329 e. The van der Waals surface area contributed by atoms with Crippen molar-refractivity contribution in [2.24, 2.45) is 0 Å². The molecule has 2 aromatic rings. The van der Waals surface area contributed by atoms with Crippen molar-refractivity contribution in [2.75, 3.05) is 19.6 Å². The molecule has 24 heavy (non-hydrogen) atoms. The highest BCUT2D eigenvalue weighted by Crippen LogP contribution is 2.32. The molecule has 2 amide bonds. The fourth-order valence-electron chi connectivity index (χ4n) is 3.37. The first-order chi connectivity index (χ1) is 11.7. The minimum absolute atomic E-state index is 0.126. The highest BCUT2D eigenvalue weighted by atomic mass is 16.5. The third-order valence-corrected chi connectivity index (χ3v) is 4.56. The van der Waals surface area contributed by atoms with Gasteiger partial charge in [-0.3, -0.25) is 9.36 Å². The second-order valence-corrected chi connectivity index (χ2v) is 6.24. The first-order valence-corrected chi connectivity index (χ1v) is 8.00. The number of fused-ring (bicyclic) bond motifs is 1. The van der Waals surface area contributed by atoms with Crippen molar-refractivity contribution < 1.29 is 14.3 Å². The Bertz CT molecular complexity index is 774. The van der Waals surface area contributed by atoms with Gasteiger partial charge in [0.05, 0.1) is 18.7 Å². The summed E-state index contributed by atoms with van der Waals surface area (Å²) in [6.07, 6.45) is 6.31. The van der Waals surface area contributed by atoms with Crippen LogP contribution in [0.1, 0.15) is 23.2 Å². The summed E-state index contributed by atoms with van der Waals surface area (Å²) >= 11 is 0. The molecule has 1 atom stereocenters. The van der Waals surface area contributed by atoms with E-state index in [0.717, 1.165) is 12.8 Å². The quantitative estimate of drug-likeness (QED) is 0.796. The van der Waals surface area contributed by atoms with E-state index in [4.69, 9.17) is 4.74 Å². The van der Waals surface area contributed by atoms with Crippen molar-refractivity contribution in [3.63, 3.8) is 0 Å². The first-order valence-electron chi connectivity index (χ1n) is 8.00. The SMILES string of the molecule is O=C1NCC2(CCCN(C(=O)n3ccnc3)C2)Oc2ccccc21. The van der Waals surface area contributed by atoms with Crippen LogP contribution in [0, 0.1) is 0 Å². The van der Waals surface area contributed by atoms with E-state index in [1.165, 1.54) is 10.9 Å². The molecule has 7 nitrogen and oxygen atoms in total. The average Bonchev–Trinajstić information content (AvgIpc) is 3.10. The van der Waals surface area contributed by atoms with Gasteiger partial charge >= 0.3 is 6.03 Å². The molecule has 1 aromatic carbocycles. The number of aromatic nitrogens is 2. The number of para-hydroxylation sites is 1. The minimum atomic E-state index is -0.600. The lowest BCUT2D eigenvalue weighted by Gasteiger charge is -2.41. The lowest BCUT2D eigenvalue weighted by molar-refractivity contribution is 0.00912. The van der Waals surface area contributed by atoms with Gasteiger partial charge in [-0.2, -0.15) is 0 Å². The van der Waals surface area contributed by atoms with Crippen molar-refractivity contribution in [2.45, 2.75) is 18.4 Å². The van der Waals surface area contributed by atoms with E-state index in [9.17, 15) is 9.59 Å². The van der Waals surface area contributed by atoms with Crippen LogP contribution in [0.2, 0.25) is 0 Å². The highest BCUT2D eigenvalue weighted by molar-refractivity contribution is 5.97. The number of nitrogens with one attached hydrogen (secondary N) is 1. The van der Waals surface area contributed by atoms with Gasteiger partial charge < -0.3 is 15.0 Å². The average molecular weight is 326 g/mol. The van der Waals surface area contributed by atoms with E-state index in [1.807, 2.05) is 12.1 Å². The van der Waals surface area contributed by atoms with Gasteiger partial charge in [-0.05, 0) is 25.0 Å². The number of benzene rings is 1. The minimum Gasteiger partial charge on any atom is -0.483 e. The maximum atomic E-state index is 12.6. The highest BCUT2D eigenvalue weighted by Gasteiger charge is 2.42. The summed E-state index contributed by atoms with van der Waals surface area (Å²) in [6, 6.07) is 7.09. The van der Waals surface area contributed by atoms with Crippen LogP contribution in [-0.2, 0) is 0 Å². The van der Waals surface area contributed by atoms with Crippen LogP contribution in [0.15, 0.2) is 43.0 Å². The number of piperidine rings is 1. The predicted octanol–water partition coefficient (Wildman–Crippen LogP) is 1.51. The Morgan fingerprint density at radius 2 is 2.21 bits per heavy atom. The van der Waals surface area contributed by atoms with Crippen LogP contribution in [0.5, 0.6) is 5.75 Å². The zero-order valence-electron chi connectivity index (χ0n) is 13.1. The molecule has 0 saturated carbocycles. The van der Waals surface area contributed by atoms with Gasteiger partial charge in [0.25, 0.3) is 5.91 Å². The Labute approximate surface area is 139 Å². The summed E-state index contributed by atoms with van der Waals surface area (Å²) in [6.45, 7) is 1.48. The van der Waals surface area contributed by atoms with E-state index in [2.05, 4.69) is 10.3 Å². The van der Waals surface area contributed by atoms with E-state index in [1.54, 1.807) is 29.4 Å². The van der Waals surface area contributed by atoms with Crippen LogP contribution < -0.4 is 10.1 Å². The Balaban J connectivity index is 1.61. The number of carbonyl (C=O) groups is 2. The number of rotatable bonds is 0. The van der Waals surface area contributed by atoms with Crippen LogP contribution in [0.3, 0.4) is 0 Å². The van der Waals surface area contributed by atoms with E-state index >= 15 is 0 Å². The molecule has 1 aromatic heterocycles. The second-order valence-electron chi connectivity index (χ2n) is 6.24. The van der Waals surface area contributed by atoms with Crippen molar-refractivity contribution in [3.05, 3.63) is 48.5 Å². The maximum absolute atomic E-state index is 12.6. The molecule has 1 N–H and O–H groups in total. The van der Waals surface area contributed by atoms with Crippen LogP contribution in [-0.4, -0.2) is 51.6 Å². The third-order valence-electron chi connectivity index (χ3n) is 4.56. The van der Waals surface area contributed by atoms with Crippen LogP contribution in [0.4, 0.5) is 4.79 Å². The molecule has 2 aliphatic heterocycles. The van der Waals surface area contributed by atoms with Crippen LogP contribution in [0.25, 0.3) is 0 Å². The van der Waals surface area contributed by atoms with Gasteiger partial charge in [0.2, 0.25) is 0 Å². The predicted molar refractivity (Wildman–Crippen MR) is 86.0 cm³/mol. The van der Waals surface area contributed by atoms with Gasteiger partial charge in [-0.1, -0.05) is 12.1 Å². The topological polar surface area (TPSA) is 76.5 Å². The third kappa shape index (κ3) is 2.51. The smallest absolute Gasteiger partial charge is 0.329 e. The number of likely N-dealkylation sites (tertiary alicyclic amines) is 1. The zero-order valence-corrected chi connectivity index (χ0v) is 13.1. The molecule has 2 aliphatic rings. The standard InChI is InChI=1S/C17H18N4O3/c22-15-13-4-1-2-5-14(13)24-17(10-19-15)6-3-8-20(11-17)16(23)21-9-7-18-12-21/h1-2,4-5,7,9,12H,3,6,8,10-11H2,(H,19,22). The van der Waals surface area contributed by atoms with Crippen molar-refractivity contribution >= 4 is 11.9 Å². The van der Waals surface area contributed by atoms with Crippen molar-refractivity contribution in [3.8, 4) is 5.75 Å². The first kappa shape index (κ1) is 14.7. The molecule has 1 unspecified atom stereocenters. The molecular formula is C17H18N4O3. The molecule has 3 heterocycles. The molecule has 1 saturated heterocycles. The summed E-state index contributed by atoms with van der Waals surface area (Å²) in [5, 5.41) is 2.93. The second kappa shape index (κ2) is 5.67. The zero-order chi connectivity index (χ0) is 16.6. The fraction of sp³-hybridized carbons (Fsp3) is 0.353. The molecule has 0 bridgehead atoms. The fourth-order valence-corrected chi connectivity index (χ4v) is 3.37. The van der Waals surface area contributed by atoms with Gasteiger partial charge in [-0.25, -0.2) is 9.78 Å². The van der Waals surface area contributed by atoms with E-state index in [0.29, 0.717) is 30.9 Å².